The van der Waals surface area contributed by atoms with Crippen molar-refractivity contribution in [1.29, 1.82) is 0 Å². The SMILES string of the molecule is CC(C)CCN1CCC(C(=O)Nc2cc3cc(-c4cncc(NC(C)C)n4)cnc3cn2)CC1. The molecule has 0 atom stereocenters. The average Bonchev–Trinajstić information content (AvgIpc) is 2.82. The molecule has 0 unspecified atom stereocenters. The van der Waals surface area contributed by atoms with Crippen molar-refractivity contribution in [1.82, 2.24) is 24.8 Å². The number of aromatic nitrogens is 4. The monoisotopic (exact) mass is 461 g/mol. The zero-order valence-corrected chi connectivity index (χ0v) is 20.6. The van der Waals surface area contributed by atoms with Crippen molar-refractivity contribution in [2.45, 2.75) is 53.0 Å². The maximum Gasteiger partial charge on any atom is 0.228 e. The van der Waals surface area contributed by atoms with E-state index in [-0.39, 0.29) is 17.9 Å². The van der Waals surface area contributed by atoms with Gasteiger partial charge in [0.2, 0.25) is 5.91 Å². The normalized spacial score (nSPS) is 15.2. The summed E-state index contributed by atoms with van der Waals surface area (Å²) < 4.78 is 0. The van der Waals surface area contributed by atoms with Gasteiger partial charge in [0, 0.05) is 29.1 Å². The number of anilines is 2. The fourth-order valence-corrected chi connectivity index (χ4v) is 4.20. The number of nitrogens with one attached hydrogen (secondary N) is 2. The summed E-state index contributed by atoms with van der Waals surface area (Å²) in [6.45, 7) is 11.7. The Morgan fingerprint density at radius 1 is 1.03 bits per heavy atom. The summed E-state index contributed by atoms with van der Waals surface area (Å²) in [5.41, 5.74) is 2.38. The van der Waals surface area contributed by atoms with Crippen molar-refractivity contribution >= 4 is 28.4 Å². The quantitative estimate of drug-likeness (QED) is 0.506. The third kappa shape index (κ3) is 6.26. The fraction of sp³-hybridized carbons (Fsp3) is 0.500. The highest BCUT2D eigenvalue weighted by Gasteiger charge is 2.25. The molecule has 8 heteroatoms. The molecule has 0 bridgehead atoms. The molecule has 1 aliphatic rings. The van der Waals surface area contributed by atoms with Gasteiger partial charge in [-0.2, -0.15) is 0 Å². The first-order valence-electron chi connectivity index (χ1n) is 12.3. The predicted molar refractivity (Wildman–Crippen MR) is 137 cm³/mol. The van der Waals surface area contributed by atoms with Crippen LogP contribution >= 0.6 is 0 Å². The minimum atomic E-state index is 0.0312. The molecule has 4 heterocycles. The van der Waals surface area contributed by atoms with Crippen molar-refractivity contribution in [3.63, 3.8) is 0 Å². The maximum atomic E-state index is 12.9. The van der Waals surface area contributed by atoms with Gasteiger partial charge in [0.25, 0.3) is 0 Å². The van der Waals surface area contributed by atoms with Crippen LogP contribution in [0.5, 0.6) is 0 Å². The first-order chi connectivity index (χ1) is 16.4. The number of rotatable bonds is 8. The number of fused-ring (bicyclic) bond motifs is 1. The van der Waals surface area contributed by atoms with Gasteiger partial charge in [-0.15, -0.1) is 0 Å². The largest absolute Gasteiger partial charge is 0.367 e. The van der Waals surface area contributed by atoms with E-state index < -0.39 is 0 Å². The van der Waals surface area contributed by atoms with Crippen LogP contribution in [0, 0.1) is 11.8 Å². The Morgan fingerprint density at radius 2 is 1.82 bits per heavy atom. The summed E-state index contributed by atoms with van der Waals surface area (Å²) in [7, 11) is 0. The minimum absolute atomic E-state index is 0.0312. The molecule has 3 aromatic heterocycles. The minimum Gasteiger partial charge on any atom is -0.367 e. The molecule has 1 amide bonds. The highest BCUT2D eigenvalue weighted by molar-refractivity contribution is 5.94. The summed E-state index contributed by atoms with van der Waals surface area (Å²) in [4.78, 5) is 33.2. The van der Waals surface area contributed by atoms with Gasteiger partial charge in [0.1, 0.15) is 11.6 Å². The van der Waals surface area contributed by atoms with Crippen LogP contribution in [0.15, 0.2) is 36.9 Å². The van der Waals surface area contributed by atoms with E-state index in [4.69, 9.17) is 0 Å². The van der Waals surface area contributed by atoms with Crippen molar-refractivity contribution in [2.24, 2.45) is 11.8 Å². The van der Waals surface area contributed by atoms with Gasteiger partial charge in [0.05, 0.1) is 29.8 Å². The van der Waals surface area contributed by atoms with Gasteiger partial charge in [-0.05, 0) is 70.8 Å². The van der Waals surface area contributed by atoms with Crippen LogP contribution in [0.2, 0.25) is 0 Å². The summed E-state index contributed by atoms with van der Waals surface area (Å²) in [6, 6.07) is 4.16. The number of hydrogen-bond acceptors (Lipinski definition) is 7. The Balaban J connectivity index is 1.43. The molecule has 1 aliphatic heterocycles. The second-order valence-electron chi connectivity index (χ2n) is 9.86. The van der Waals surface area contributed by atoms with Gasteiger partial charge in [-0.1, -0.05) is 13.8 Å². The standard InChI is InChI=1S/C26H35N7O/c1-17(2)5-8-33-9-6-19(7-10-33)26(34)32-24-12-20-11-21(13-28-22(20)15-29-24)23-14-27-16-25(31-23)30-18(3)4/h11-19H,5-10H2,1-4H3,(H,30,31)(H,29,32,34). The molecule has 8 nitrogen and oxygen atoms in total. The van der Waals surface area contributed by atoms with E-state index in [1.54, 1.807) is 24.8 Å². The molecular formula is C26H35N7O. The number of carbonyl (C=O) groups is 1. The second-order valence-corrected chi connectivity index (χ2v) is 9.86. The highest BCUT2D eigenvalue weighted by Crippen LogP contribution is 2.24. The van der Waals surface area contributed by atoms with E-state index >= 15 is 0 Å². The van der Waals surface area contributed by atoms with Gasteiger partial charge >= 0.3 is 0 Å². The number of likely N-dealkylation sites (tertiary alicyclic amines) is 1. The van der Waals surface area contributed by atoms with Crippen LogP contribution in [0.25, 0.3) is 22.2 Å². The number of hydrogen-bond donors (Lipinski definition) is 2. The van der Waals surface area contributed by atoms with E-state index in [9.17, 15) is 4.79 Å². The number of pyridine rings is 2. The van der Waals surface area contributed by atoms with E-state index in [0.29, 0.717) is 11.7 Å². The van der Waals surface area contributed by atoms with Gasteiger partial charge in [-0.3, -0.25) is 14.8 Å². The predicted octanol–water partition coefficient (Wildman–Crippen LogP) is 4.60. The number of amides is 1. The first-order valence-corrected chi connectivity index (χ1v) is 12.3. The number of piperidine rings is 1. The molecule has 0 aliphatic carbocycles. The summed E-state index contributed by atoms with van der Waals surface area (Å²) in [5, 5.41) is 7.20. The molecule has 0 saturated carbocycles. The lowest BCUT2D eigenvalue weighted by Gasteiger charge is -2.31. The van der Waals surface area contributed by atoms with E-state index in [1.807, 2.05) is 12.1 Å². The zero-order valence-electron chi connectivity index (χ0n) is 20.6. The number of carbonyl (C=O) groups excluding carboxylic acids is 1. The smallest absolute Gasteiger partial charge is 0.228 e. The first kappa shape index (κ1) is 24.0. The maximum absolute atomic E-state index is 12.9. The van der Waals surface area contributed by atoms with Crippen molar-refractivity contribution in [3.05, 3.63) is 36.9 Å². The molecule has 34 heavy (non-hydrogen) atoms. The Bertz CT molecular complexity index is 1120. The summed E-state index contributed by atoms with van der Waals surface area (Å²) in [6.07, 6.45) is 9.91. The van der Waals surface area contributed by atoms with Crippen LogP contribution in [0.3, 0.4) is 0 Å². The van der Waals surface area contributed by atoms with E-state index in [1.165, 1.54) is 6.42 Å². The Morgan fingerprint density at radius 3 is 2.56 bits per heavy atom. The average molecular weight is 462 g/mol. The van der Waals surface area contributed by atoms with Crippen molar-refractivity contribution in [3.8, 4) is 11.3 Å². The molecule has 0 radical (unpaired) electrons. The molecule has 1 saturated heterocycles. The molecule has 180 valence electrons. The van der Waals surface area contributed by atoms with Crippen molar-refractivity contribution in [2.75, 3.05) is 30.3 Å². The van der Waals surface area contributed by atoms with Crippen LogP contribution in [0.1, 0.15) is 47.0 Å². The van der Waals surface area contributed by atoms with Crippen LogP contribution in [-0.4, -0.2) is 56.4 Å². The molecular weight excluding hydrogens is 426 g/mol. The lowest BCUT2D eigenvalue weighted by atomic mass is 9.95. The van der Waals surface area contributed by atoms with Gasteiger partial charge in [-0.25, -0.2) is 9.97 Å². The van der Waals surface area contributed by atoms with E-state index in [0.717, 1.165) is 60.5 Å². The zero-order chi connectivity index (χ0) is 24.1. The lowest BCUT2D eigenvalue weighted by molar-refractivity contribution is -0.121. The Kier molecular flexibility index (Phi) is 7.67. The fourth-order valence-electron chi connectivity index (χ4n) is 4.20. The molecule has 1 fully saturated rings. The molecule has 0 aromatic carbocycles. The van der Waals surface area contributed by atoms with Gasteiger partial charge in [0.15, 0.2) is 0 Å². The molecule has 4 rings (SSSR count). The van der Waals surface area contributed by atoms with E-state index in [2.05, 4.69) is 63.2 Å². The van der Waals surface area contributed by atoms with Crippen LogP contribution < -0.4 is 10.6 Å². The highest BCUT2D eigenvalue weighted by atomic mass is 16.1. The third-order valence-electron chi connectivity index (χ3n) is 6.17. The Labute approximate surface area is 201 Å². The van der Waals surface area contributed by atoms with Crippen LogP contribution in [-0.2, 0) is 4.79 Å². The topological polar surface area (TPSA) is 95.9 Å². The molecule has 0 spiro atoms. The molecule has 2 N–H and O–H groups in total. The second kappa shape index (κ2) is 10.9. The third-order valence-corrected chi connectivity index (χ3v) is 6.17. The van der Waals surface area contributed by atoms with Crippen molar-refractivity contribution < 1.29 is 4.79 Å². The summed E-state index contributed by atoms with van der Waals surface area (Å²) in [5.74, 6) is 2.08. The molecule has 3 aromatic rings. The van der Waals surface area contributed by atoms with Crippen LogP contribution in [0.4, 0.5) is 11.6 Å². The Hall–Kier alpha value is -3.13. The number of nitrogens with zero attached hydrogens (tertiary/aromatic N) is 5. The lowest BCUT2D eigenvalue weighted by Crippen LogP contribution is -2.38. The summed E-state index contributed by atoms with van der Waals surface area (Å²) >= 11 is 0. The van der Waals surface area contributed by atoms with Gasteiger partial charge < -0.3 is 15.5 Å².